The minimum atomic E-state index is -0.604. The molecule has 192 valence electrons. The number of carbonyl (C=O) groups is 2. The van der Waals surface area contributed by atoms with Gasteiger partial charge in [0.1, 0.15) is 17.4 Å². The molecule has 0 atom stereocenters. The Balaban J connectivity index is 1.50. The van der Waals surface area contributed by atoms with Crippen molar-refractivity contribution in [3.63, 3.8) is 0 Å². The third-order valence-corrected chi connectivity index (χ3v) is 7.54. The van der Waals surface area contributed by atoms with E-state index in [9.17, 15) is 18.4 Å². The van der Waals surface area contributed by atoms with Gasteiger partial charge in [-0.1, -0.05) is 12.1 Å². The summed E-state index contributed by atoms with van der Waals surface area (Å²) in [5, 5.41) is 6.09. The Morgan fingerprint density at radius 3 is 2.37 bits per heavy atom. The number of pyridine rings is 1. The van der Waals surface area contributed by atoms with Gasteiger partial charge >= 0.3 is 0 Å². The average molecular weight is 514 g/mol. The zero-order valence-electron chi connectivity index (χ0n) is 20.9. The molecule has 2 aromatic heterocycles. The molecule has 2 N–H and O–H groups in total. The summed E-state index contributed by atoms with van der Waals surface area (Å²) in [4.78, 5) is 30.6. The molecule has 4 aromatic rings. The summed E-state index contributed by atoms with van der Waals surface area (Å²) in [5.74, 6) is -0.908. The van der Waals surface area contributed by atoms with Crippen molar-refractivity contribution in [3.8, 4) is 22.5 Å². The molecule has 2 bridgehead atoms. The second kappa shape index (κ2) is 8.90. The minimum Gasteiger partial charge on any atom is -0.437 e. The minimum absolute atomic E-state index is 0.0375. The van der Waals surface area contributed by atoms with E-state index in [1.807, 2.05) is 6.92 Å². The standard InChI is InChI=1S/C30H25F2N3O3/c1-3-4-24-20(18-7-10-23(32)21(11-18)27(36)35-30-13-16(14-30)15-30)12-22-25(28(37)33-2)26(38-29(22)34-24)17-5-8-19(31)9-6-17/h3-12,16H,13-15H2,1-2H3,(H,33,37)(H,35,36). The van der Waals surface area contributed by atoms with Gasteiger partial charge < -0.3 is 15.1 Å². The number of hydrogen-bond donors (Lipinski definition) is 2. The van der Waals surface area contributed by atoms with Crippen LogP contribution in [0, 0.1) is 17.6 Å². The first-order valence-electron chi connectivity index (χ1n) is 12.5. The van der Waals surface area contributed by atoms with Crippen LogP contribution in [0.2, 0.25) is 0 Å². The number of furan rings is 1. The summed E-state index contributed by atoms with van der Waals surface area (Å²) in [5.41, 5.74) is 2.48. The van der Waals surface area contributed by atoms with Crippen LogP contribution in [0.3, 0.4) is 0 Å². The molecule has 0 saturated heterocycles. The summed E-state index contributed by atoms with van der Waals surface area (Å²) >= 11 is 0. The molecule has 0 unspecified atom stereocenters. The predicted octanol–water partition coefficient (Wildman–Crippen LogP) is 6.12. The fraction of sp³-hybridized carbons (Fsp3) is 0.233. The summed E-state index contributed by atoms with van der Waals surface area (Å²) in [6, 6.07) is 11.8. The third kappa shape index (κ3) is 3.88. The maximum Gasteiger partial charge on any atom is 0.255 e. The summed E-state index contributed by atoms with van der Waals surface area (Å²) < 4.78 is 34.4. The fourth-order valence-electron chi connectivity index (χ4n) is 5.51. The zero-order valence-corrected chi connectivity index (χ0v) is 20.9. The van der Waals surface area contributed by atoms with E-state index in [4.69, 9.17) is 4.42 Å². The van der Waals surface area contributed by atoms with E-state index in [1.165, 1.54) is 43.4 Å². The average Bonchev–Trinajstić information content (AvgIpc) is 3.23. The maximum absolute atomic E-state index is 14.8. The number of aromatic nitrogens is 1. The van der Waals surface area contributed by atoms with Crippen molar-refractivity contribution >= 4 is 29.0 Å². The number of halogens is 2. The number of nitrogens with zero attached hydrogens (tertiary/aromatic N) is 1. The third-order valence-electron chi connectivity index (χ3n) is 7.54. The molecule has 2 amide bonds. The highest BCUT2D eigenvalue weighted by Gasteiger charge is 2.57. The van der Waals surface area contributed by atoms with Gasteiger partial charge in [-0.25, -0.2) is 13.8 Å². The van der Waals surface area contributed by atoms with E-state index in [0.717, 1.165) is 19.3 Å². The number of benzene rings is 2. The number of carbonyl (C=O) groups excluding carboxylic acids is 2. The Hall–Kier alpha value is -4.33. The van der Waals surface area contributed by atoms with Crippen LogP contribution in [0.15, 0.2) is 59.0 Å². The lowest BCUT2D eigenvalue weighted by Gasteiger charge is -2.61. The molecule has 3 aliphatic rings. The summed E-state index contributed by atoms with van der Waals surface area (Å²) in [7, 11) is 1.51. The van der Waals surface area contributed by atoms with Gasteiger partial charge in [0, 0.05) is 23.7 Å². The molecule has 3 saturated carbocycles. The smallest absolute Gasteiger partial charge is 0.255 e. The number of fused-ring (bicyclic) bond motifs is 1. The van der Waals surface area contributed by atoms with Gasteiger partial charge in [-0.3, -0.25) is 9.59 Å². The number of hydrogen-bond acceptors (Lipinski definition) is 4. The first-order valence-corrected chi connectivity index (χ1v) is 12.5. The first kappa shape index (κ1) is 24.0. The second-order valence-corrected chi connectivity index (χ2v) is 10.1. The van der Waals surface area contributed by atoms with Gasteiger partial charge in [0.25, 0.3) is 11.8 Å². The monoisotopic (exact) mass is 513 g/mol. The van der Waals surface area contributed by atoms with Crippen molar-refractivity contribution in [2.45, 2.75) is 31.7 Å². The molecular formula is C30H25F2N3O3. The Labute approximate surface area is 217 Å². The van der Waals surface area contributed by atoms with E-state index in [2.05, 4.69) is 15.6 Å². The van der Waals surface area contributed by atoms with Gasteiger partial charge in [0.2, 0.25) is 5.71 Å². The molecular weight excluding hydrogens is 488 g/mol. The van der Waals surface area contributed by atoms with Crippen molar-refractivity contribution in [1.82, 2.24) is 15.6 Å². The lowest BCUT2D eigenvalue weighted by atomic mass is 9.50. The lowest BCUT2D eigenvalue weighted by Crippen LogP contribution is -2.68. The fourth-order valence-corrected chi connectivity index (χ4v) is 5.51. The molecule has 6 nitrogen and oxygen atoms in total. The number of rotatable bonds is 6. The van der Waals surface area contributed by atoms with Gasteiger partial charge in [-0.2, -0.15) is 0 Å². The predicted molar refractivity (Wildman–Crippen MR) is 140 cm³/mol. The largest absolute Gasteiger partial charge is 0.437 e. The SMILES string of the molecule is CC=Cc1nc2oc(-c3ccc(F)cc3)c(C(=O)NC)c2cc1-c1ccc(F)c(C(=O)NC23CC(C2)C3)c1. The molecule has 3 fully saturated rings. The van der Waals surface area contributed by atoms with E-state index < -0.39 is 23.4 Å². The Kier molecular flexibility index (Phi) is 5.63. The molecule has 7 rings (SSSR count). The molecule has 0 radical (unpaired) electrons. The van der Waals surface area contributed by atoms with Crippen molar-refractivity contribution in [1.29, 1.82) is 0 Å². The van der Waals surface area contributed by atoms with Gasteiger partial charge in [-0.05, 0) is 86.2 Å². The first-order chi connectivity index (χ1) is 18.3. The van der Waals surface area contributed by atoms with Crippen LogP contribution in [-0.2, 0) is 0 Å². The Morgan fingerprint density at radius 2 is 1.74 bits per heavy atom. The van der Waals surface area contributed by atoms with E-state index in [-0.39, 0.29) is 28.1 Å². The van der Waals surface area contributed by atoms with Crippen molar-refractivity contribution in [3.05, 3.63) is 83.1 Å². The quantitative estimate of drug-likeness (QED) is 0.326. The number of nitrogens with one attached hydrogen (secondary N) is 2. The van der Waals surface area contributed by atoms with Crippen LogP contribution in [0.25, 0.3) is 39.6 Å². The van der Waals surface area contributed by atoms with E-state index in [1.54, 1.807) is 24.3 Å². The Bertz CT molecular complexity index is 1620. The van der Waals surface area contributed by atoms with Gasteiger partial charge in [-0.15, -0.1) is 0 Å². The van der Waals surface area contributed by atoms with Crippen molar-refractivity contribution < 1.29 is 22.8 Å². The number of amides is 2. The summed E-state index contributed by atoms with van der Waals surface area (Å²) in [6.07, 6.45) is 6.43. The highest BCUT2D eigenvalue weighted by molar-refractivity contribution is 6.11. The van der Waals surface area contributed by atoms with Gasteiger partial charge in [0.15, 0.2) is 0 Å². The summed E-state index contributed by atoms with van der Waals surface area (Å²) in [6.45, 7) is 1.84. The van der Waals surface area contributed by atoms with E-state index >= 15 is 0 Å². The van der Waals surface area contributed by atoms with Crippen molar-refractivity contribution in [2.24, 2.45) is 5.92 Å². The molecule has 8 heteroatoms. The molecule has 38 heavy (non-hydrogen) atoms. The Morgan fingerprint density at radius 1 is 1.03 bits per heavy atom. The molecule has 3 aliphatic carbocycles. The van der Waals surface area contributed by atoms with Gasteiger partial charge in [0.05, 0.1) is 22.2 Å². The van der Waals surface area contributed by atoms with Crippen LogP contribution < -0.4 is 10.6 Å². The van der Waals surface area contributed by atoms with Crippen LogP contribution in [0.4, 0.5) is 8.78 Å². The van der Waals surface area contributed by atoms with Crippen LogP contribution in [0.5, 0.6) is 0 Å². The highest BCUT2D eigenvalue weighted by Crippen LogP contribution is 2.57. The zero-order chi connectivity index (χ0) is 26.6. The lowest BCUT2D eigenvalue weighted by molar-refractivity contribution is -0.0439. The normalized spacial score (nSPS) is 19.7. The molecule has 0 spiro atoms. The van der Waals surface area contributed by atoms with Crippen LogP contribution in [-0.4, -0.2) is 29.4 Å². The maximum atomic E-state index is 14.8. The van der Waals surface area contributed by atoms with E-state index in [0.29, 0.717) is 33.7 Å². The van der Waals surface area contributed by atoms with Crippen molar-refractivity contribution in [2.75, 3.05) is 7.05 Å². The highest BCUT2D eigenvalue weighted by atomic mass is 19.1. The van der Waals surface area contributed by atoms with Crippen LogP contribution >= 0.6 is 0 Å². The number of allylic oxidation sites excluding steroid dienone is 1. The molecule has 0 aliphatic heterocycles. The molecule has 2 aromatic carbocycles. The van der Waals surface area contributed by atoms with Crippen LogP contribution in [0.1, 0.15) is 52.6 Å². The second-order valence-electron chi connectivity index (χ2n) is 10.1. The molecule has 2 heterocycles. The topological polar surface area (TPSA) is 84.2 Å².